The molecule has 1 amide bonds. The zero-order valence-corrected chi connectivity index (χ0v) is 16.2. The highest BCUT2D eigenvalue weighted by atomic mass is 35.5. The van der Waals surface area contributed by atoms with Crippen LogP contribution in [0.1, 0.15) is 10.4 Å². The van der Waals surface area contributed by atoms with Gasteiger partial charge in [0.2, 0.25) is 0 Å². The van der Waals surface area contributed by atoms with E-state index >= 15 is 0 Å². The molecule has 4 rings (SSSR count). The molecule has 0 bridgehead atoms. The third-order valence-corrected chi connectivity index (χ3v) is 4.65. The van der Waals surface area contributed by atoms with Crippen LogP contribution in [0.25, 0.3) is 10.9 Å². The molecule has 0 aliphatic carbocycles. The molecule has 0 aliphatic heterocycles. The Morgan fingerprint density at radius 3 is 2.53 bits per heavy atom. The van der Waals surface area contributed by atoms with E-state index in [9.17, 15) is 14.9 Å². The summed E-state index contributed by atoms with van der Waals surface area (Å²) in [6.07, 6.45) is 1.67. The highest BCUT2D eigenvalue weighted by molar-refractivity contribution is 6.32. The van der Waals surface area contributed by atoms with E-state index < -0.39 is 4.92 Å². The van der Waals surface area contributed by atoms with E-state index in [-0.39, 0.29) is 22.4 Å². The van der Waals surface area contributed by atoms with Gasteiger partial charge in [0.05, 0.1) is 21.2 Å². The number of fused-ring (bicyclic) bond motifs is 1. The molecular weight excluding hydrogens is 406 g/mol. The molecule has 30 heavy (non-hydrogen) atoms. The SMILES string of the molecule is O=C(Nc1cccc2cccnc12)c1ccc(Oc2ccc([N+](=O)[O-])cc2Cl)cc1. The zero-order valence-electron chi connectivity index (χ0n) is 15.4. The second kappa shape index (κ2) is 8.18. The average molecular weight is 420 g/mol. The number of nitro benzene ring substituents is 1. The number of aromatic nitrogens is 1. The molecular formula is C22H14ClN3O4. The number of carbonyl (C=O) groups excluding carboxylic acids is 1. The number of nitro groups is 1. The summed E-state index contributed by atoms with van der Waals surface area (Å²) in [7, 11) is 0. The maximum Gasteiger partial charge on any atom is 0.271 e. The minimum absolute atomic E-state index is 0.120. The van der Waals surface area contributed by atoms with Crippen molar-refractivity contribution in [3.05, 3.63) is 99.7 Å². The van der Waals surface area contributed by atoms with Crippen molar-refractivity contribution in [2.45, 2.75) is 0 Å². The molecule has 0 spiro atoms. The van der Waals surface area contributed by atoms with Crippen molar-refractivity contribution in [3.8, 4) is 11.5 Å². The lowest BCUT2D eigenvalue weighted by Crippen LogP contribution is -2.12. The summed E-state index contributed by atoms with van der Waals surface area (Å²) in [5, 5.41) is 14.7. The Morgan fingerprint density at radius 1 is 1.03 bits per heavy atom. The minimum atomic E-state index is -0.533. The normalized spacial score (nSPS) is 10.6. The molecule has 7 nitrogen and oxygen atoms in total. The van der Waals surface area contributed by atoms with Gasteiger partial charge in [0.1, 0.15) is 11.5 Å². The van der Waals surface area contributed by atoms with Crippen molar-refractivity contribution in [2.24, 2.45) is 0 Å². The number of halogens is 1. The van der Waals surface area contributed by atoms with Gasteiger partial charge in [-0.1, -0.05) is 29.8 Å². The van der Waals surface area contributed by atoms with Crippen molar-refractivity contribution in [1.82, 2.24) is 4.98 Å². The second-order valence-electron chi connectivity index (χ2n) is 6.33. The summed E-state index contributed by atoms with van der Waals surface area (Å²) in [4.78, 5) is 27.2. The van der Waals surface area contributed by atoms with Crippen LogP contribution in [-0.2, 0) is 0 Å². The molecule has 0 saturated heterocycles. The molecule has 4 aromatic rings. The summed E-state index contributed by atoms with van der Waals surface area (Å²) >= 11 is 6.04. The van der Waals surface area contributed by atoms with Crippen molar-refractivity contribution in [2.75, 3.05) is 5.32 Å². The van der Waals surface area contributed by atoms with Gasteiger partial charge in [-0.05, 0) is 42.5 Å². The molecule has 1 N–H and O–H groups in total. The third kappa shape index (κ3) is 4.06. The van der Waals surface area contributed by atoms with Crippen molar-refractivity contribution < 1.29 is 14.5 Å². The van der Waals surface area contributed by atoms with Gasteiger partial charge in [-0.15, -0.1) is 0 Å². The van der Waals surface area contributed by atoms with Crippen LogP contribution in [0.4, 0.5) is 11.4 Å². The average Bonchev–Trinajstić information content (AvgIpc) is 2.76. The topological polar surface area (TPSA) is 94.4 Å². The van der Waals surface area contributed by atoms with Gasteiger partial charge in [0, 0.05) is 29.3 Å². The number of nitrogens with one attached hydrogen (secondary N) is 1. The molecule has 1 heterocycles. The summed E-state index contributed by atoms with van der Waals surface area (Å²) in [6.45, 7) is 0. The van der Waals surface area contributed by atoms with E-state index in [2.05, 4.69) is 10.3 Å². The Labute approximate surface area is 176 Å². The lowest BCUT2D eigenvalue weighted by atomic mass is 10.1. The highest BCUT2D eigenvalue weighted by Crippen LogP contribution is 2.32. The van der Waals surface area contributed by atoms with E-state index in [0.29, 0.717) is 22.5 Å². The van der Waals surface area contributed by atoms with Crippen LogP contribution in [0.5, 0.6) is 11.5 Å². The standard InChI is InChI=1S/C22H14ClN3O4/c23-18-13-16(26(28)29)8-11-20(18)30-17-9-6-15(7-10-17)22(27)25-19-5-1-3-14-4-2-12-24-21(14)19/h1-13H,(H,25,27). The maximum absolute atomic E-state index is 12.6. The van der Waals surface area contributed by atoms with E-state index in [0.717, 1.165) is 5.39 Å². The molecule has 148 valence electrons. The Kier molecular flexibility index (Phi) is 5.28. The number of carbonyl (C=O) groups is 1. The Bertz CT molecular complexity index is 1250. The zero-order chi connectivity index (χ0) is 21.1. The fourth-order valence-corrected chi connectivity index (χ4v) is 3.10. The lowest BCUT2D eigenvalue weighted by molar-refractivity contribution is -0.384. The first-order valence-corrected chi connectivity index (χ1v) is 9.26. The molecule has 8 heteroatoms. The van der Waals surface area contributed by atoms with Crippen molar-refractivity contribution in [1.29, 1.82) is 0 Å². The molecule has 0 fully saturated rings. The Hall–Kier alpha value is -3.97. The van der Waals surface area contributed by atoms with Gasteiger partial charge in [-0.25, -0.2) is 0 Å². The summed E-state index contributed by atoms with van der Waals surface area (Å²) in [6, 6.07) is 19.7. The van der Waals surface area contributed by atoms with Crippen LogP contribution in [0.2, 0.25) is 5.02 Å². The number of anilines is 1. The van der Waals surface area contributed by atoms with Gasteiger partial charge in [0.15, 0.2) is 0 Å². The van der Waals surface area contributed by atoms with E-state index in [1.807, 2.05) is 24.3 Å². The number of pyridine rings is 1. The number of rotatable bonds is 5. The van der Waals surface area contributed by atoms with Crippen LogP contribution >= 0.6 is 11.6 Å². The quantitative estimate of drug-likeness (QED) is 0.324. The van der Waals surface area contributed by atoms with Crippen molar-refractivity contribution in [3.63, 3.8) is 0 Å². The largest absolute Gasteiger partial charge is 0.456 e. The fraction of sp³-hybridized carbons (Fsp3) is 0. The second-order valence-corrected chi connectivity index (χ2v) is 6.74. The number of ether oxygens (including phenoxy) is 1. The number of nitrogens with zero attached hydrogens (tertiary/aromatic N) is 2. The molecule has 0 saturated carbocycles. The lowest BCUT2D eigenvalue weighted by Gasteiger charge is -2.10. The minimum Gasteiger partial charge on any atom is -0.456 e. The number of hydrogen-bond donors (Lipinski definition) is 1. The molecule has 3 aromatic carbocycles. The number of para-hydroxylation sites is 1. The van der Waals surface area contributed by atoms with Crippen molar-refractivity contribution >= 4 is 39.8 Å². The summed E-state index contributed by atoms with van der Waals surface area (Å²) in [5.41, 5.74) is 1.64. The predicted octanol–water partition coefficient (Wildman–Crippen LogP) is 5.84. The van der Waals surface area contributed by atoms with Crippen LogP contribution in [-0.4, -0.2) is 15.8 Å². The van der Waals surface area contributed by atoms with Crippen LogP contribution in [0.3, 0.4) is 0 Å². The molecule has 0 unspecified atom stereocenters. The maximum atomic E-state index is 12.6. The number of amides is 1. The first-order valence-electron chi connectivity index (χ1n) is 8.88. The van der Waals surface area contributed by atoms with Gasteiger partial charge in [-0.3, -0.25) is 19.9 Å². The van der Waals surface area contributed by atoms with Crippen LogP contribution < -0.4 is 10.1 Å². The van der Waals surface area contributed by atoms with Gasteiger partial charge < -0.3 is 10.1 Å². The third-order valence-electron chi connectivity index (χ3n) is 4.35. The molecule has 0 radical (unpaired) electrons. The highest BCUT2D eigenvalue weighted by Gasteiger charge is 2.12. The number of non-ortho nitro benzene ring substituents is 1. The monoisotopic (exact) mass is 419 g/mol. The number of benzene rings is 3. The predicted molar refractivity (Wildman–Crippen MR) is 114 cm³/mol. The summed E-state index contributed by atoms with van der Waals surface area (Å²) < 4.78 is 5.66. The van der Waals surface area contributed by atoms with Gasteiger partial charge >= 0.3 is 0 Å². The van der Waals surface area contributed by atoms with Crippen LogP contribution in [0, 0.1) is 10.1 Å². The first-order chi connectivity index (χ1) is 14.5. The fourth-order valence-electron chi connectivity index (χ4n) is 2.89. The number of hydrogen-bond acceptors (Lipinski definition) is 5. The molecule has 1 aromatic heterocycles. The molecule has 0 aliphatic rings. The Morgan fingerprint density at radius 2 is 1.80 bits per heavy atom. The van der Waals surface area contributed by atoms with E-state index in [4.69, 9.17) is 16.3 Å². The van der Waals surface area contributed by atoms with Crippen LogP contribution in [0.15, 0.2) is 79.0 Å². The Balaban J connectivity index is 1.49. The van der Waals surface area contributed by atoms with Gasteiger partial charge in [-0.2, -0.15) is 0 Å². The molecule has 0 atom stereocenters. The first kappa shape index (κ1) is 19.4. The van der Waals surface area contributed by atoms with Gasteiger partial charge in [0.25, 0.3) is 11.6 Å². The van der Waals surface area contributed by atoms with E-state index in [1.54, 1.807) is 36.5 Å². The smallest absolute Gasteiger partial charge is 0.271 e. The summed E-state index contributed by atoms with van der Waals surface area (Å²) in [5.74, 6) is 0.434. The van der Waals surface area contributed by atoms with E-state index in [1.165, 1.54) is 18.2 Å².